The molecule has 0 radical (unpaired) electrons. The summed E-state index contributed by atoms with van der Waals surface area (Å²) in [5.74, 6) is 0.406. The third kappa shape index (κ3) is 3.49. The highest BCUT2D eigenvalue weighted by Crippen LogP contribution is 2.30. The molecule has 2 heterocycles. The Bertz CT molecular complexity index is 945. The van der Waals surface area contributed by atoms with Gasteiger partial charge >= 0.3 is 6.09 Å². The largest absolute Gasteiger partial charge is 0.491 e. The Balaban J connectivity index is 2.04. The fraction of sp³-hybridized carbons (Fsp3) is 0.200. The van der Waals surface area contributed by atoms with E-state index in [0.717, 1.165) is 0 Å². The molecule has 1 aliphatic rings. The number of carboxylic acid groups (broad SMARTS) is 1. The number of carbonyl (C=O) groups is 1. The zero-order valence-corrected chi connectivity index (χ0v) is 13.9. The lowest BCUT2D eigenvalue weighted by atomic mass is 10.0. The van der Waals surface area contributed by atoms with E-state index in [2.05, 4.69) is 4.98 Å². The molecule has 3 rings (SSSR count). The molecule has 0 unspecified atom stereocenters. The van der Waals surface area contributed by atoms with Crippen LogP contribution in [0.1, 0.15) is 5.56 Å². The van der Waals surface area contributed by atoms with Gasteiger partial charge < -0.3 is 20.5 Å². The summed E-state index contributed by atoms with van der Waals surface area (Å²) >= 11 is 0. The van der Waals surface area contributed by atoms with Crippen LogP contribution in [0.5, 0.6) is 5.75 Å². The summed E-state index contributed by atoms with van der Waals surface area (Å²) < 4.78 is 28.8. The second kappa shape index (κ2) is 6.22. The maximum Gasteiger partial charge on any atom is 0.407 e. The molecular weight excluding hydrogens is 348 g/mol. The number of ether oxygens (including phenoxy) is 1. The minimum absolute atomic E-state index is 0.170. The first-order valence-corrected chi connectivity index (χ1v) is 8.82. The van der Waals surface area contributed by atoms with Crippen LogP contribution < -0.4 is 15.6 Å². The molecule has 0 atom stereocenters. The fourth-order valence-electron chi connectivity index (χ4n) is 2.58. The van der Waals surface area contributed by atoms with Crippen molar-refractivity contribution in [3.63, 3.8) is 0 Å². The molecule has 1 amide bonds. The summed E-state index contributed by atoms with van der Waals surface area (Å²) in [6.45, 7) is 0.693. The van der Waals surface area contributed by atoms with Crippen molar-refractivity contribution < 1.29 is 23.1 Å². The van der Waals surface area contributed by atoms with Crippen molar-refractivity contribution in [1.29, 1.82) is 0 Å². The lowest BCUT2D eigenvalue weighted by Gasteiger charge is -2.15. The van der Waals surface area contributed by atoms with E-state index in [1.54, 1.807) is 18.2 Å². The zero-order chi connectivity index (χ0) is 18.2. The van der Waals surface area contributed by atoms with E-state index in [-0.39, 0.29) is 30.4 Å². The molecular formula is C15H16N4O5S. The van der Waals surface area contributed by atoms with E-state index < -0.39 is 16.1 Å². The van der Waals surface area contributed by atoms with Gasteiger partial charge in [-0.15, -0.1) is 0 Å². The molecule has 0 aliphatic carbocycles. The SMILES string of the molecule is Nc1ncc(-c2ccc3c(c2)CN(C(=O)O)CCO3)cc1S(N)(=O)=O. The predicted octanol–water partition coefficient (Wildman–Crippen LogP) is 0.851. The number of pyridine rings is 1. The standard InChI is InChI=1S/C15H16N4O5S/c16-14-13(25(17,22)23)6-10(7-18-14)9-1-2-12-11(5-9)8-19(15(20)21)3-4-24-12/h1-2,5-7H,3-4,8H2,(H2,16,18)(H,20,21)(H2,17,22,23). The summed E-state index contributed by atoms with van der Waals surface area (Å²) in [6.07, 6.45) is 0.394. The molecule has 0 saturated heterocycles. The second-order valence-corrected chi connectivity index (χ2v) is 7.06. The third-order valence-corrected chi connectivity index (χ3v) is 4.77. The number of nitrogen functional groups attached to an aromatic ring is 1. The monoisotopic (exact) mass is 364 g/mol. The number of anilines is 1. The number of nitrogens with two attached hydrogens (primary N) is 2. The van der Waals surface area contributed by atoms with Crippen molar-refractivity contribution in [2.45, 2.75) is 11.4 Å². The number of hydrogen-bond acceptors (Lipinski definition) is 6. The predicted molar refractivity (Wildman–Crippen MR) is 89.4 cm³/mol. The quantitative estimate of drug-likeness (QED) is 0.715. The minimum atomic E-state index is -4.01. The Kier molecular flexibility index (Phi) is 4.23. The number of sulfonamides is 1. The molecule has 25 heavy (non-hydrogen) atoms. The highest BCUT2D eigenvalue weighted by Gasteiger charge is 2.20. The topological polar surface area (TPSA) is 149 Å². The average molecular weight is 364 g/mol. The summed E-state index contributed by atoms with van der Waals surface area (Å²) in [6, 6.07) is 6.51. The molecule has 10 heteroatoms. The van der Waals surface area contributed by atoms with Gasteiger partial charge in [0, 0.05) is 17.3 Å². The van der Waals surface area contributed by atoms with Gasteiger partial charge in [0.05, 0.1) is 13.1 Å². The first kappa shape index (κ1) is 17.0. The van der Waals surface area contributed by atoms with Gasteiger partial charge in [0.2, 0.25) is 10.0 Å². The van der Waals surface area contributed by atoms with Crippen LogP contribution in [0.2, 0.25) is 0 Å². The van der Waals surface area contributed by atoms with Gasteiger partial charge in [-0.25, -0.2) is 23.3 Å². The van der Waals surface area contributed by atoms with Crippen molar-refractivity contribution in [3.05, 3.63) is 36.0 Å². The van der Waals surface area contributed by atoms with Crippen LogP contribution in [0.3, 0.4) is 0 Å². The van der Waals surface area contributed by atoms with Gasteiger partial charge in [0.15, 0.2) is 0 Å². The van der Waals surface area contributed by atoms with Gasteiger partial charge in [0.25, 0.3) is 0 Å². The summed E-state index contributed by atoms with van der Waals surface area (Å²) in [4.78, 5) is 16.1. The van der Waals surface area contributed by atoms with Crippen LogP contribution in [0.4, 0.5) is 10.6 Å². The molecule has 0 fully saturated rings. The van der Waals surface area contributed by atoms with E-state index in [1.165, 1.54) is 17.2 Å². The van der Waals surface area contributed by atoms with E-state index in [0.29, 0.717) is 22.4 Å². The first-order valence-electron chi connectivity index (χ1n) is 7.28. The molecule has 0 spiro atoms. The van der Waals surface area contributed by atoms with Crippen LogP contribution in [0, 0.1) is 0 Å². The molecule has 1 aromatic carbocycles. The molecule has 2 aromatic rings. The van der Waals surface area contributed by atoms with Crippen LogP contribution in [0.25, 0.3) is 11.1 Å². The molecule has 5 N–H and O–H groups in total. The number of primary sulfonamides is 1. The van der Waals surface area contributed by atoms with Crippen molar-refractivity contribution >= 4 is 21.9 Å². The number of nitrogens with zero attached hydrogens (tertiary/aromatic N) is 2. The molecule has 132 valence electrons. The second-order valence-electron chi connectivity index (χ2n) is 5.53. The number of fused-ring (bicyclic) bond motifs is 1. The van der Waals surface area contributed by atoms with Gasteiger partial charge in [-0.2, -0.15) is 0 Å². The fourth-order valence-corrected chi connectivity index (χ4v) is 3.21. The van der Waals surface area contributed by atoms with Gasteiger partial charge in [-0.1, -0.05) is 6.07 Å². The first-order chi connectivity index (χ1) is 11.8. The number of rotatable bonds is 2. The van der Waals surface area contributed by atoms with E-state index in [4.69, 9.17) is 15.6 Å². The summed E-state index contributed by atoms with van der Waals surface area (Å²) in [5, 5.41) is 14.3. The lowest BCUT2D eigenvalue weighted by molar-refractivity contribution is 0.138. The molecule has 1 aliphatic heterocycles. The van der Waals surface area contributed by atoms with Crippen molar-refractivity contribution in [3.8, 4) is 16.9 Å². The smallest absolute Gasteiger partial charge is 0.407 e. The summed E-state index contributed by atoms with van der Waals surface area (Å²) in [7, 11) is -4.01. The maximum absolute atomic E-state index is 11.6. The number of aromatic nitrogens is 1. The van der Waals surface area contributed by atoms with Crippen LogP contribution >= 0.6 is 0 Å². The Labute approximate surface area is 143 Å². The molecule has 9 nitrogen and oxygen atoms in total. The van der Waals surface area contributed by atoms with E-state index in [9.17, 15) is 18.3 Å². The zero-order valence-electron chi connectivity index (χ0n) is 13.0. The molecule has 1 aromatic heterocycles. The van der Waals surface area contributed by atoms with Crippen molar-refractivity contribution in [1.82, 2.24) is 9.88 Å². The van der Waals surface area contributed by atoms with Crippen molar-refractivity contribution in [2.75, 3.05) is 18.9 Å². The van der Waals surface area contributed by atoms with Crippen LogP contribution in [-0.2, 0) is 16.6 Å². The number of amides is 1. The van der Waals surface area contributed by atoms with E-state index in [1.807, 2.05) is 0 Å². The Morgan fingerprint density at radius 2 is 2.04 bits per heavy atom. The van der Waals surface area contributed by atoms with Crippen LogP contribution in [-0.4, -0.2) is 42.7 Å². The average Bonchev–Trinajstić information content (AvgIpc) is 2.76. The number of benzene rings is 1. The van der Waals surface area contributed by atoms with Crippen LogP contribution in [0.15, 0.2) is 35.4 Å². The minimum Gasteiger partial charge on any atom is -0.491 e. The summed E-state index contributed by atoms with van der Waals surface area (Å²) in [5.41, 5.74) is 7.39. The Morgan fingerprint density at radius 1 is 1.28 bits per heavy atom. The molecule has 0 bridgehead atoms. The third-order valence-electron chi connectivity index (χ3n) is 3.83. The number of hydrogen-bond donors (Lipinski definition) is 3. The molecule has 0 saturated carbocycles. The Hall–Kier alpha value is -2.85. The maximum atomic E-state index is 11.6. The van der Waals surface area contributed by atoms with Gasteiger partial charge in [0.1, 0.15) is 23.1 Å². The normalized spacial score (nSPS) is 14.4. The van der Waals surface area contributed by atoms with E-state index >= 15 is 0 Å². The Morgan fingerprint density at radius 3 is 2.72 bits per heavy atom. The highest BCUT2D eigenvalue weighted by atomic mass is 32.2. The van der Waals surface area contributed by atoms with Gasteiger partial charge in [-0.05, 0) is 23.8 Å². The van der Waals surface area contributed by atoms with Crippen molar-refractivity contribution in [2.24, 2.45) is 5.14 Å². The lowest BCUT2D eigenvalue weighted by Crippen LogP contribution is -2.30. The van der Waals surface area contributed by atoms with Gasteiger partial charge in [-0.3, -0.25) is 0 Å². The highest BCUT2D eigenvalue weighted by molar-refractivity contribution is 7.89.